The molecular formula is C15H15N5O. The summed E-state index contributed by atoms with van der Waals surface area (Å²) in [6.45, 7) is 1.73. The molecule has 1 saturated heterocycles. The maximum absolute atomic E-state index is 12.4. The number of hydrogen-bond donors (Lipinski definition) is 0. The summed E-state index contributed by atoms with van der Waals surface area (Å²) in [5.41, 5.74) is 0.941. The molecule has 0 radical (unpaired) electrons. The Morgan fingerprint density at radius 1 is 1.19 bits per heavy atom. The minimum atomic E-state index is -0.259. The van der Waals surface area contributed by atoms with E-state index < -0.39 is 0 Å². The number of piperidine rings is 1. The van der Waals surface area contributed by atoms with Crippen molar-refractivity contribution in [2.75, 3.05) is 13.1 Å². The van der Waals surface area contributed by atoms with E-state index in [4.69, 9.17) is 0 Å². The number of nitrogens with zero attached hydrogens (tertiary/aromatic N) is 5. The maximum atomic E-state index is 12.4. The minimum Gasteiger partial charge on any atom is -0.281 e. The van der Waals surface area contributed by atoms with Crippen LogP contribution in [0.3, 0.4) is 0 Å². The zero-order valence-corrected chi connectivity index (χ0v) is 11.6. The van der Waals surface area contributed by atoms with Gasteiger partial charge in [0.25, 0.3) is 5.56 Å². The van der Waals surface area contributed by atoms with E-state index in [-0.39, 0.29) is 11.2 Å². The van der Waals surface area contributed by atoms with Crippen LogP contribution in [0.15, 0.2) is 45.6 Å². The molecule has 0 atom stereocenters. The lowest BCUT2D eigenvalue weighted by atomic mass is 10.2. The molecule has 0 unspecified atom stereocenters. The second kappa shape index (κ2) is 5.75. The molecule has 21 heavy (non-hydrogen) atoms. The summed E-state index contributed by atoms with van der Waals surface area (Å²) in [6, 6.07) is 8.89. The van der Waals surface area contributed by atoms with E-state index in [0.29, 0.717) is 11.1 Å². The molecule has 0 aromatic carbocycles. The van der Waals surface area contributed by atoms with E-state index >= 15 is 0 Å². The molecule has 0 amide bonds. The average Bonchev–Trinajstić information content (AvgIpc) is 2.55. The SMILES string of the molecule is N#Cc1cc(N=NN2CCCCC2)c(=O)n2ccccc12. The first-order valence-electron chi connectivity index (χ1n) is 7.01. The normalized spacial score (nSPS) is 15.5. The molecule has 6 nitrogen and oxygen atoms in total. The fourth-order valence-corrected chi connectivity index (χ4v) is 2.47. The fraction of sp³-hybridized carbons (Fsp3) is 0.333. The van der Waals surface area contributed by atoms with Crippen LogP contribution >= 0.6 is 0 Å². The standard InChI is InChI=1S/C15H15N5O/c16-11-12-10-13(17-18-19-7-3-1-4-8-19)15(21)20-9-5-2-6-14(12)20/h2,5-6,9-10H,1,3-4,7-8H2. The van der Waals surface area contributed by atoms with Gasteiger partial charge in [0.2, 0.25) is 0 Å². The molecule has 1 fully saturated rings. The van der Waals surface area contributed by atoms with Gasteiger partial charge in [-0.3, -0.25) is 14.2 Å². The molecule has 0 N–H and O–H groups in total. The molecular weight excluding hydrogens is 266 g/mol. The van der Waals surface area contributed by atoms with Crippen molar-refractivity contribution in [3.05, 3.63) is 46.4 Å². The molecule has 2 aromatic rings. The predicted molar refractivity (Wildman–Crippen MR) is 78.3 cm³/mol. The van der Waals surface area contributed by atoms with Crippen molar-refractivity contribution < 1.29 is 0 Å². The Morgan fingerprint density at radius 2 is 2.00 bits per heavy atom. The van der Waals surface area contributed by atoms with Gasteiger partial charge in [0.15, 0.2) is 5.69 Å². The first-order chi connectivity index (χ1) is 10.3. The molecule has 0 saturated carbocycles. The van der Waals surface area contributed by atoms with Crippen LogP contribution in [0.25, 0.3) is 5.52 Å². The van der Waals surface area contributed by atoms with E-state index in [2.05, 4.69) is 16.4 Å². The van der Waals surface area contributed by atoms with Crippen LogP contribution in [0.5, 0.6) is 0 Å². The van der Waals surface area contributed by atoms with Crippen LogP contribution in [-0.4, -0.2) is 22.5 Å². The van der Waals surface area contributed by atoms with Crippen molar-refractivity contribution in [1.29, 1.82) is 5.26 Å². The Kier molecular flexibility index (Phi) is 3.65. The lowest BCUT2D eigenvalue weighted by Crippen LogP contribution is -2.24. The molecule has 0 aliphatic carbocycles. The highest BCUT2D eigenvalue weighted by Gasteiger charge is 2.10. The van der Waals surface area contributed by atoms with Gasteiger partial charge in [-0.15, -0.1) is 5.11 Å². The summed E-state index contributed by atoms with van der Waals surface area (Å²) >= 11 is 0. The van der Waals surface area contributed by atoms with Crippen molar-refractivity contribution in [2.24, 2.45) is 10.3 Å². The average molecular weight is 281 g/mol. The second-order valence-corrected chi connectivity index (χ2v) is 5.02. The van der Waals surface area contributed by atoms with Crippen LogP contribution < -0.4 is 5.56 Å². The monoisotopic (exact) mass is 281 g/mol. The number of aromatic nitrogens is 1. The molecule has 0 bridgehead atoms. The van der Waals surface area contributed by atoms with Crippen molar-refractivity contribution in [3.8, 4) is 6.07 Å². The summed E-state index contributed by atoms with van der Waals surface area (Å²) in [5, 5.41) is 19.3. The molecule has 0 spiro atoms. The molecule has 3 heterocycles. The maximum Gasteiger partial charge on any atom is 0.283 e. The first kappa shape index (κ1) is 13.3. The highest BCUT2D eigenvalue weighted by molar-refractivity contribution is 5.64. The summed E-state index contributed by atoms with van der Waals surface area (Å²) < 4.78 is 1.43. The van der Waals surface area contributed by atoms with E-state index in [1.54, 1.807) is 24.4 Å². The van der Waals surface area contributed by atoms with Crippen LogP contribution in [0, 0.1) is 11.3 Å². The van der Waals surface area contributed by atoms with E-state index in [0.717, 1.165) is 25.9 Å². The largest absolute Gasteiger partial charge is 0.283 e. The second-order valence-electron chi connectivity index (χ2n) is 5.02. The van der Waals surface area contributed by atoms with Gasteiger partial charge in [-0.25, -0.2) is 0 Å². The summed E-state index contributed by atoms with van der Waals surface area (Å²) in [5.74, 6) is 0. The first-order valence-corrected chi connectivity index (χ1v) is 7.01. The highest BCUT2D eigenvalue weighted by atomic mass is 16.1. The quantitative estimate of drug-likeness (QED) is 0.794. The molecule has 106 valence electrons. The van der Waals surface area contributed by atoms with Gasteiger partial charge in [0.05, 0.1) is 11.1 Å². The Hall–Kier alpha value is -2.68. The van der Waals surface area contributed by atoms with Gasteiger partial charge in [-0.2, -0.15) is 5.26 Å². The Morgan fingerprint density at radius 3 is 2.76 bits per heavy atom. The van der Waals surface area contributed by atoms with Gasteiger partial charge in [0, 0.05) is 19.3 Å². The lowest BCUT2D eigenvalue weighted by molar-refractivity contribution is 0.224. The molecule has 1 aliphatic rings. The number of hydrogen-bond acceptors (Lipinski definition) is 4. The lowest BCUT2D eigenvalue weighted by Gasteiger charge is -2.21. The number of pyridine rings is 2. The molecule has 2 aromatic heterocycles. The van der Waals surface area contributed by atoms with Crippen LogP contribution in [0.1, 0.15) is 24.8 Å². The molecule has 1 aliphatic heterocycles. The van der Waals surface area contributed by atoms with Gasteiger partial charge in [0.1, 0.15) is 6.07 Å². The Balaban J connectivity index is 2.03. The third-order valence-corrected chi connectivity index (χ3v) is 3.59. The Labute approximate surface area is 121 Å². The van der Waals surface area contributed by atoms with Crippen LogP contribution in [-0.2, 0) is 0 Å². The number of nitriles is 1. The van der Waals surface area contributed by atoms with Gasteiger partial charge in [-0.1, -0.05) is 11.3 Å². The van der Waals surface area contributed by atoms with Gasteiger partial charge < -0.3 is 0 Å². The predicted octanol–water partition coefficient (Wildman–Crippen LogP) is 2.66. The minimum absolute atomic E-state index is 0.195. The summed E-state index contributed by atoms with van der Waals surface area (Å²) in [6.07, 6.45) is 5.04. The van der Waals surface area contributed by atoms with Crippen molar-refractivity contribution in [3.63, 3.8) is 0 Å². The summed E-state index contributed by atoms with van der Waals surface area (Å²) in [4.78, 5) is 12.4. The number of rotatable bonds is 2. The zero-order valence-electron chi connectivity index (χ0n) is 11.6. The third-order valence-electron chi connectivity index (χ3n) is 3.59. The van der Waals surface area contributed by atoms with E-state index in [9.17, 15) is 10.1 Å². The fourth-order valence-electron chi connectivity index (χ4n) is 2.47. The third kappa shape index (κ3) is 2.63. The highest BCUT2D eigenvalue weighted by Crippen LogP contribution is 2.16. The van der Waals surface area contributed by atoms with Gasteiger partial charge in [-0.05, 0) is 37.5 Å². The smallest absolute Gasteiger partial charge is 0.281 e. The van der Waals surface area contributed by atoms with Crippen molar-refractivity contribution in [2.45, 2.75) is 19.3 Å². The topological polar surface area (TPSA) is 73.2 Å². The van der Waals surface area contributed by atoms with Crippen LogP contribution in [0.2, 0.25) is 0 Å². The zero-order chi connectivity index (χ0) is 14.7. The van der Waals surface area contributed by atoms with Gasteiger partial charge >= 0.3 is 0 Å². The van der Waals surface area contributed by atoms with E-state index in [1.807, 2.05) is 5.01 Å². The number of fused-ring (bicyclic) bond motifs is 1. The molecule has 3 rings (SSSR count). The van der Waals surface area contributed by atoms with Crippen molar-refractivity contribution >= 4 is 11.2 Å². The Bertz CT molecular complexity index is 781. The van der Waals surface area contributed by atoms with Crippen molar-refractivity contribution in [1.82, 2.24) is 9.41 Å². The van der Waals surface area contributed by atoms with E-state index in [1.165, 1.54) is 16.9 Å². The molecule has 6 heteroatoms. The summed E-state index contributed by atoms with van der Waals surface area (Å²) in [7, 11) is 0. The van der Waals surface area contributed by atoms with Crippen LogP contribution in [0.4, 0.5) is 5.69 Å².